The molecule has 0 aliphatic heterocycles. The molecule has 1 atom stereocenters. The molecule has 1 aromatic rings. The van der Waals surface area contributed by atoms with Crippen LogP contribution in [0, 0.1) is 5.92 Å². The van der Waals surface area contributed by atoms with Crippen LogP contribution in [0.2, 0.25) is 0 Å². The molecule has 14 heavy (non-hydrogen) atoms. The smallest absolute Gasteiger partial charge is 0.0521 e. The summed E-state index contributed by atoms with van der Waals surface area (Å²) in [7, 11) is 0. The summed E-state index contributed by atoms with van der Waals surface area (Å²) in [5, 5.41) is 5.38. The topological polar surface area (TPSA) is 17.8 Å². The summed E-state index contributed by atoms with van der Waals surface area (Å²) in [5.74, 6) is 0.759. The highest BCUT2D eigenvalue weighted by atomic mass is 79.9. The van der Waals surface area contributed by atoms with Crippen molar-refractivity contribution in [3.8, 4) is 0 Å². The van der Waals surface area contributed by atoms with E-state index in [-0.39, 0.29) is 0 Å². The lowest BCUT2D eigenvalue weighted by atomic mass is 9.99. The van der Waals surface area contributed by atoms with Crippen molar-refractivity contribution in [2.75, 3.05) is 5.33 Å². The maximum atomic E-state index is 4.28. The van der Waals surface area contributed by atoms with Crippen LogP contribution in [0.5, 0.6) is 0 Å². The van der Waals surface area contributed by atoms with Gasteiger partial charge >= 0.3 is 0 Å². The Bertz CT molecular complexity index is 258. The van der Waals surface area contributed by atoms with Gasteiger partial charge < -0.3 is 0 Å². The number of hydrogen-bond acceptors (Lipinski definition) is 1. The molecular weight excluding hydrogens is 240 g/mol. The Labute approximate surface area is 94.8 Å². The highest BCUT2D eigenvalue weighted by Crippen LogP contribution is 2.15. The van der Waals surface area contributed by atoms with Crippen LogP contribution in [0.25, 0.3) is 0 Å². The van der Waals surface area contributed by atoms with Crippen molar-refractivity contribution in [2.45, 2.75) is 39.7 Å². The van der Waals surface area contributed by atoms with Gasteiger partial charge in [-0.25, -0.2) is 0 Å². The number of rotatable bonds is 6. The lowest BCUT2D eigenvalue weighted by Crippen LogP contribution is -2.05. The van der Waals surface area contributed by atoms with Crippen molar-refractivity contribution in [3.05, 3.63) is 18.0 Å². The van der Waals surface area contributed by atoms with E-state index in [1.165, 1.54) is 18.4 Å². The molecule has 2 nitrogen and oxygen atoms in total. The summed E-state index contributed by atoms with van der Waals surface area (Å²) in [5.41, 5.74) is 1.37. The van der Waals surface area contributed by atoms with E-state index >= 15 is 0 Å². The fourth-order valence-corrected chi connectivity index (χ4v) is 2.21. The zero-order valence-corrected chi connectivity index (χ0v) is 10.6. The SMILES string of the molecule is CCCC(CBr)Cc1cnn(CC)c1. The molecule has 0 aliphatic rings. The summed E-state index contributed by atoms with van der Waals surface area (Å²) in [6.45, 7) is 5.32. The minimum absolute atomic E-state index is 0.759. The Kier molecular flexibility index (Phi) is 5.23. The van der Waals surface area contributed by atoms with Crippen LogP contribution >= 0.6 is 15.9 Å². The number of aromatic nitrogens is 2. The Hall–Kier alpha value is -0.310. The van der Waals surface area contributed by atoms with E-state index in [9.17, 15) is 0 Å². The molecule has 0 spiro atoms. The predicted molar refractivity (Wildman–Crippen MR) is 63.8 cm³/mol. The van der Waals surface area contributed by atoms with E-state index in [1.807, 2.05) is 10.9 Å². The van der Waals surface area contributed by atoms with Crippen LogP contribution in [-0.2, 0) is 13.0 Å². The standard InChI is InChI=1S/C11H19BrN2/c1-3-5-10(7-12)6-11-8-13-14(4-2)9-11/h8-10H,3-7H2,1-2H3. The molecule has 0 saturated carbocycles. The average Bonchev–Trinajstić information content (AvgIpc) is 2.65. The van der Waals surface area contributed by atoms with Crippen molar-refractivity contribution in [2.24, 2.45) is 5.92 Å². The summed E-state index contributed by atoms with van der Waals surface area (Å²) >= 11 is 3.57. The zero-order chi connectivity index (χ0) is 10.4. The van der Waals surface area contributed by atoms with Crippen molar-refractivity contribution in [3.63, 3.8) is 0 Å². The molecule has 0 amide bonds. The first-order chi connectivity index (χ1) is 6.80. The van der Waals surface area contributed by atoms with Crippen molar-refractivity contribution in [1.82, 2.24) is 9.78 Å². The highest BCUT2D eigenvalue weighted by molar-refractivity contribution is 9.09. The molecule has 0 saturated heterocycles. The van der Waals surface area contributed by atoms with Crippen molar-refractivity contribution in [1.29, 1.82) is 0 Å². The van der Waals surface area contributed by atoms with Gasteiger partial charge in [-0.3, -0.25) is 4.68 Å². The van der Waals surface area contributed by atoms with Gasteiger partial charge in [0.05, 0.1) is 6.20 Å². The molecule has 1 aromatic heterocycles. The van der Waals surface area contributed by atoms with Crippen LogP contribution in [0.1, 0.15) is 32.3 Å². The first-order valence-electron chi connectivity index (χ1n) is 5.37. The molecule has 1 heterocycles. The number of hydrogen-bond donors (Lipinski definition) is 0. The quantitative estimate of drug-likeness (QED) is 0.717. The molecule has 0 aliphatic carbocycles. The lowest BCUT2D eigenvalue weighted by Gasteiger charge is -2.10. The van der Waals surface area contributed by atoms with Gasteiger partial charge in [-0.05, 0) is 31.2 Å². The first kappa shape index (κ1) is 11.8. The van der Waals surface area contributed by atoms with Gasteiger partial charge in [0.15, 0.2) is 0 Å². The molecule has 1 unspecified atom stereocenters. The van der Waals surface area contributed by atoms with Gasteiger partial charge in [0.1, 0.15) is 0 Å². The van der Waals surface area contributed by atoms with E-state index in [2.05, 4.69) is 41.1 Å². The number of halogens is 1. The fourth-order valence-electron chi connectivity index (χ4n) is 1.66. The first-order valence-corrected chi connectivity index (χ1v) is 6.49. The Morgan fingerprint density at radius 3 is 2.79 bits per heavy atom. The average molecular weight is 259 g/mol. The fraction of sp³-hybridized carbons (Fsp3) is 0.727. The molecule has 3 heteroatoms. The van der Waals surface area contributed by atoms with Crippen molar-refractivity contribution >= 4 is 15.9 Å². The number of nitrogens with zero attached hydrogens (tertiary/aromatic N) is 2. The second-order valence-corrected chi connectivity index (χ2v) is 4.36. The molecule has 0 aromatic carbocycles. The predicted octanol–water partition coefficient (Wildman–Crippen LogP) is 3.26. The molecule has 0 bridgehead atoms. The summed E-state index contributed by atoms with van der Waals surface area (Å²) in [6, 6.07) is 0. The van der Waals surface area contributed by atoms with E-state index < -0.39 is 0 Å². The minimum atomic E-state index is 0.759. The molecule has 0 N–H and O–H groups in total. The highest BCUT2D eigenvalue weighted by Gasteiger charge is 2.08. The second kappa shape index (κ2) is 6.23. The van der Waals surface area contributed by atoms with Gasteiger partial charge in [-0.1, -0.05) is 29.3 Å². The van der Waals surface area contributed by atoms with Gasteiger partial charge in [0.25, 0.3) is 0 Å². The van der Waals surface area contributed by atoms with Gasteiger partial charge in [0.2, 0.25) is 0 Å². The van der Waals surface area contributed by atoms with Crippen LogP contribution in [0.3, 0.4) is 0 Å². The third-order valence-corrected chi connectivity index (χ3v) is 3.37. The molecular formula is C11H19BrN2. The monoisotopic (exact) mass is 258 g/mol. The van der Waals surface area contributed by atoms with Crippen LogP contribution in [-0.4, -0.2) is 15.1 Å². The van der Waals surface area contributed by atoms with E-state index in [0.29, 0.717) is 0 Å². The van der Waals surface area contributed by atoms with Gasteiger partial charge in [0, 0.05) is 18.1 Å². The normalized spacial score (nSPS) is 13.1. The van der Waals surface area contributed by atoms with Crippen LogP contribution in [0.15, 0.2) is 12.4 Å². The van der Waals surface area contributed by atoms with Crippen LogP contribution in [0.4, 0.5) is 0 Å². The summed E-state index contributed by atoms with van der Waals surface area (Å²) < 4.78 is 1.99. The lowest BCUT2D eigenvalue weighted by molar-refractivity contribution is 0.533. The minimum Gasteiger partial charge on any atom is -0.273 e. The molecule has 1 rings (SSSR count). The Morgan fingerprint density at radius 2 is 2.29 bits per heavy atom. The molecule has 80 valence electrons. The molecule has 0 fully saturated rings. The third kappa shape index (κ3) is 3.45. The maximum absolute atomic E-state index is 4.28. The van der Waals surface area contributed by atoms with Gasteiger partial charge in [-0.2, -0.15) is 5.10 Å². The van der Waals surface area contributed by atoms with E-state index in [4.69, 9.17) is 0 Å². The second-order valence-electron chi connectivity index (χ2n) is 3.72. The van der Waals surface area contributed by atoms with Crippen LogP contribution < -0.4 is 0 Å². The summed E-state index contributed by atoms with van der Waals surface area (Å²) in [4.78, 5) is 0. The van der Waals surface area contributed by atoms with E-state index in [1.54, 1.807) is 0 Å². The zero-order valence-electron chi connectivity index (χ0n) is 9.04. The third-order valence-electron chi connectivity index (χ3n) is 2.45. The number of alkyl halides is 1. The van der Waals surface area contributed by atoms with Gasteiger partial charge in [-0.15, -0.1) is 0 Å². The summed E-state index contributed by atoms with van der Waals surface area (Å²) in [6.07, 6.45) is 7.86. The largest absolute Gasteiger partial charge is 0.273 e. The number of aryl methyl sites for hydroxylation is 1. The molecule has 0 radical (unpaired) electrons. The Morgan fingerprint density at radius 1 is 1.50 bits per heavy atom. The maximum Gasteiger partial charge on any atom is 0.0521 e. The van der Waals surface area contributed by atoms with E-state index in [0.717, 1.165) is 24.2 Å². The Balaban J connectivity index is 2.48. The van der Waals surface area contributed by atoms with Crippen molar-refractivity contribution < 1.29 is 0 Å².